The van der Waals surface area contributed by atoms with Gasteiger partial charge in [-0.15, -0.1) is 0 Å². The van der Waals surface area contributed by atoms with Crippen molar-refractivity contribution in [2.45, 2.75) is 33.7 Å². The van der Waals surface area contributed by atoms with E-state index in [4.69, 9.17) is 16.3 Å². The van der Waals surface area contributed by atoms with E-state index < -0.39 is 6.04 Å². The summed E-state index contributed by atoms with van der Waals surface area (Å²) in [6, 6.07) is 9.05. The number of anilines is 2. The number of methoxy groups -OCH3 is 1. The van der Waals surface area contributed by atoms with Crippen LogP contribution in [0.1, 0.15) is 23.6 Å². The fraction of sp³-hybridized carbons (Fsp3) is 0.316. The van der Waals surface area contributed by atoms with E-state index in [0.717, 1.165) is 22.5 Å². The van der Waals surface area contributed by atoms with Crippen molar-refractivity contribution in [2.75, 3.05) is 17.7 Å². The second-order valence-corrected chi connectivity index (χ2v) is 6.39. The first-order chi connectivity index (χ1) is 11.3. The minimum Gasteiger partial charge on any atom is -0.495 e. The number of benzene rings is 2. The summed E-state index contributed by atoms with van der Waals surface area (Å²) in [5.74, 6) is 0.502. The average Bonchev–Trinajstić information content (AvgIpc) is 2.50. The largest absolute Gasteiger partial charge is 0.495 e. The van der Waals surface area contributed by atoms with Gasteiger partial charge in [0.2, 0.25) is 5.91 Å². The summed E-state index contributed by atoms with van der Waals surface area (Å²) in [7, 11) is 1.57. The van der Waals surface area contributed by atoms with Crippen LogP contribution in [0.5, 0.6) is 5.75 Å². The van der Waals surface area contributed by atoms with E-state index in [1.165, 1.54) is 5.56 Å². The van der Waals surface area contributed by atoms with E-state index in [2.05, 4.69) is 22.8 Å². The van der Waals surface area contributed by atoms with Crippen LogP contribution in [0.3, 0.4) is 0 Å². The van der Waals surface area contributed by atoms with E-state index in [0.29, 0.717) is 10.8 Å². The molecule has 1 atom stereocenters. The summed E-state index contributed by atoms with van der Waals surface area (Å²) in [4.78, 5) is 12.5. The summed E-state index contributed by atoms with van der Waals surface area (Å²) < 4.78 is 5.13. The zero-order chi connectivity index (χ0) is 17.9. The molecule has 2 rings (SSSR count). The number of nitrogens with one attached hydrogen (secondary N) is 2. The Bertz CT molecular complexity index is 736. The summed E-state index contributed by atoms with van der Waals surface area (Å²) in [6.45, 7) is 7.85. The molecule has 0 saturated carbocycles. The molecule has 0 aromatic heterocycles. The number of carbonyl (C=O) groups excluding carboxylic acids is 1. The SMILES string of the molecule is COc1ccc(N[C@@H](C)C(=O)Nc2c(C)cc(C)cc2C)cc1Cl. The first kappa shape index (κ1) is 18.1. The van der Waals surface area contributed by atoms with E-state index in [1.54, 1.807) is 19.2 Å². The molecule has 2 aromatic rings. The Hall–Kier alpha value is -2.20. The first-order valence-electron chi connectivity index (χ1n) is 7.80. The maximum Gasteiger partial charge on any atom is 0.246 e. The van der Waals surface area contributed by atoms with Crippen LogP contribution in [0.25, 0.3) is 0 Å². The Balaban J connectivity index is 2.09. The van der Waals surface area contributed by atoms with Crippen LogP contribution in [0.4, 0.5) is 11.4 Å². The number of hydrogen-bond acceptors (Lipinski definition) is 3. The Morgan fingerprint density at radius 3 is 2.29 bits per heavy atom. The molecular weight excluding hydrogens is 324 g/mol. The second kappa shape index (κ2) is 7.58. The highest BCUT2D eigenvalue weighted by molar-refractivity contribution is 6.32. The highest BCUT2D eigenvalue weighted by atomic mass is 35.5. The molecule has 0 aliphatic heterocycles. The normalized spacial score (nSPS) is 11.8. The fourth-order valence-electron chi connectivity index (χ4n) is 2.68. The zero-order valence-electron chi connectivity index (χ0n) is 14.7. The smallest absolute Gasteiger partial charge is 0.246 e. The molecule has 0 fully saturated rings. The molecule has 4 nitrogen and oxygen atoms in total. The molecule has 1 amide bonds. The van der Waals surface area contributed by atoms with Gasteiger partial charge in [-0.05, 0) is 57.0 Å². The van der Waals surface area contributed by atoms with Gasteiger partial charge in [-0.1, -0.05) is 29.3 Å². The number of amides is 1. The minimum atomic E-state index is -0.408. The predicted molar refractivity (Wildman–Crippen MR) is 100 cm³/mol. The third kappa shape index (κ3) is 4.20. The van der Waals surface area contributed by atoms with Crippen molar-refractivity contribution >= 4 is 28.9 Å². The molecule has 2 N–H and O–H groups in total. The molecule has 0 radical (unpaired) electrons. The standard InChI is InChI=1S/C19H23ClN2O2/c1-11-8-12(2)18(13(3)9-11)22-19(23)14(4)21-15-6-7-17(24-5)16(20)10-15/h6-10,14,21H,1-5H3,(H,22,23)/t14-/m0/s1. The van der Waals surface area contributed by atoms with Gasteiger partial charge in [-0.25, -0.2) is 0 Å². The van der Waals surface area contributed by atoms with Gasteiger partial charge in [0.1, 0.15) is 11.8 Å². The average molecular weight is 347 g/mol. The molecule has 128 valence electrons. The lowest BCUT2D eigenvalue weighted by molar-refractivity contribution is -0.116. The monoisotopic (exact) mass is 346 g/mol. The van der Waals surface area contributed by atoms with Gasteiger partial charge in [0.25, 0.3) is 0 Å². The topological polar surface area (TPSA) is 50.4 Å². The number of hydrogen-bond donors (Lipinski definition) is 2. The number of aryl methyl sites for hydroxylation is 3. The van der Waals surface area contributed by atoms with Gasteiger partial charge >= 0.3 is 0 Å². The van der Waals surface area contributed by atoms with Crippen LogP contribution in [0.2, 0.25) is 5.02 Å². The Kier molecular flexibility index (Phi) is 5.73. The van der Waals surface area contributed by atoms with Crippen LogP contribution in [-0.2, 0) is 4.79 Å². The molecule has 0 aliphatic rings. The lowest BCUT2D eigenvalue weighted by Gasteiger charge is -2.18. The van der Waals surface area contributed by atoms with Crippen molar-refractivity contribution in [1.29, 1.82) is 0 Å². The van der Waals surface area contributed by atoms with Crippen molar-refractivity contribution in [2.24, 2.45) is 0 Å². The molecule has 0 saturated heterocycles. The Morgan fingerprint density at radius 2 is 1.75 bits per heavy atom. The molecule has 0 heterocycles. The van der Waals surface area contributed by atoms with E-state index in [-0.39, 0.29) is 5.91 Å². The summed E-state index contributed by atoms with van der Waals surface area (Å²) in [5.41, 5.74) is 4.93. The maximum absolute atomic E-state index is 12.5. The highest BCUT2D eigenvalue weighted by Crippen LogP contribution is 2.28. The van der Waals surface area contributed by atoms with Crippen molar-refractivity contribution in [3.05, 3.63) is 52.0 Å². The molecule has 0 aliphatic carbocycles. The number of halogens is 1. The van der Waals surface area contributed by atoms with Crippen LogP contribution < -0.4 is 15.4 Å². The van der Waals surface area contributed by atoms with Crippen LogP contribution in [-0.4, -0.2) is 19.1 Å². The number of carbonyl (C=O) groups is 1. The molecular formula is C19H23ClN2O2. The summed E-state index contributed by atoms with van der Waals surface area (Å²) >= 11 is 6.11. The quantitative estimate of drug-likeness (QED) is 0.824. The predicted octanol–water partition coefficient (Wildman–Crippen LogP) is 4.71. The number of rotatable bonds is 5. The molecule has 0 spiro atoms. The lowest BCUT2D eigenvalue weighted by atomic mass is 10.0. The number of ether oxygens (including phenoxy) is 1. The van der Waals surface area contributed by atoms with Crippen LogP contribution in [0.15, 0.2) is 30.3 Å². The maximum atomic E-state index is 12.5. The third-order valence-corrected chi connectivity index (χ3v) is 4.15. The van der Waals surface area contributed by atoms with Crippen molar-refractivity contribution in [1.82, 2.24) is 0 Å². The zero-order valence-corrected chi connectivity index (χ0v) is 15.4. The lowest BCUT2D eigenvalue weighted by Crippen LogP contribution is -2.32. The van der Waals surface area contributed by atoms with Crippen LogP contribution >= 0.6 is 11.6 Å². The van der Waals surface area contributed by atoms with Crippen LogP contribution in [0, 0.1) is 20.8 Å². The van der Waals surface area contributed by atoms with Crippen molar-refractivity contribution < 1.29 is 9.53 Å². The summed E-state index contributed by atoms with van der Waals surface area (Å²) in [6.07, 6.45) is 0. The molecule has 0 bridgehead atoms. The van der Waals surface area contributed by atoms with Gasteiger partial charge in [0.05, 0.1) is 12.1 Å². The third-order valence-electron chi connectivity index (χ3n) is 3.85. The summed E-state index contributed by atoms with van der Waals surface area (Å²) in [5, 5.41) is 6.66. The first-order valence-corrected chi connectivity index (χ1v) is 8.18. The molecule has 2 aromatic carbocycles. The Morgan fingerprint density at radius 1 is 1.12 bits per heavy atom. The molecule has 5 heteroatoms. The highest BCUT2D eigenvalue weighted by Gasteiger charge is 2.15. The van der Waals surface area contributed by atoms with Gasteiger partial charge in [0.15, 0.2) is 0 Å². The Labute approximate surface area is 148 Å². The second-order valence-electron chi connectivity index (χ2n) is 5.98. The van der Waals surface area contributed by atoms with Gasteiger partial charge in [-0.3, -0.25) is 4.79 Å². The van der Waals surface area contributed by atoms with Gasteiger partial charge in [0, 0.05) is 11.4 Å². The molecule has 0 unspecified atom stereocenters. The molecule has 24 heavy (non-hydrogen) atoms. The van der Waals surface area contributed by atoms with Crippen molar-refractivity contribution in [3.63, 3.8) is 0 Å². The van der Waals surface area contributed by atoms with Crippen molar-refractivity contribution in [3.8, 4) is 5.75 Å². The minimum absolute atomic E-state index is 0.100. The van der Waals surface area contributed by atoms with E-state index in [1.807, 2.05) is 33.8 Å². The van der Waals surface area contributed by atoms with E-state index >= 15 is 0 Å². The van der Waals surface area contributed by atoms with Gasteiger partial charge < -0.3 is 15.4 Å². The van der Waals surface area contributed by atoms with Gasteiger partial charge in [-0.2, -0.15) is 0 Å². The fourth-order valence-corrected chi connectivity index (χ4v) is 2.94. The van der Waals surface area contributed by atoms with E-state index in [9.17, 15) is 4.79 Å².